The third-order valence-corrected chi connectivity index (χ3v) is 4.39. The number of benzene rings is 2. The minimum Gasteiger partial charge on any atom is -0.493 e. The smallest absolute Gasteiger partial charge is 0.493 e. The zero-order chi connectivity index (χ0) is 15.4. The summed E-state index contributed by atoms with van der Waals surface area (Å²) in [6.45, 7) is 4.23. The van der Waals surface area contributed by atoms with Gasteiger partial charge in [0.05, 0.1) is 7.11 Å². The van der Waals surface area contributed by atoms with E-state index >= 15 is 0 Å². The third-order valence-electron chi connectivity index (χ3n) is 3.08. The number of halogens is 1. The Morgan fingerprint density at radius 1 is 1.05 bits per heavy atom. The fourth-order valence-electron chi connectivity index (χ4n) is 1.84. The molecule has 0 saturated heterocycles. The van der Waals surface area contributed by atoms with Crippen LogP contribution in [0.5, 0.6) is 11.5 Å². The lowest BCUT2D eigenvalue weighted by Crippen LogP contribution is -2.01. The molecular formula is C16H17ClO3P+. The molecule has 110 valence electrons. The van der Waals surface area contributed by atoms with Crippen LogP contribution in [0.4, 0.5) is 0 Å². The highest BCUT2D eigenvalue weighted by atomic mass is 35.5. The summed E-state index contributed by atoms with van der Waals surface area (Å²) in [5, 5.41) is 1.18. The normalized spacial score (nSPS) is 11.4. The van der Waals surface area contributed by atoms with Crippen LogP contribution in [0.15, 0.2) is 42.5 Å². The van der Waals surface area contributed by atoms with Crippen molar-refractivity contribution >= 4 is 24.9 Å². The summed E-state index contributed by atoms with van der Waals surface area (Å²) in [5.74, 6) is 1.31. The van der Waals surface area contributed by atoms with Crippen LogP contribution in [0.25, 0.3) is 0 Å². The van der Waals surface area contributed by atoms with E-state index in [-0.39, 0.29) is 0 Å². The Morgan fingerprint density at radius 3 is 2.29 bits per heavy atom. The van der Waals surface area contributed by atoms with Gasteiger partial charge in [0.1, 0.15) is 0 Å². The van der Waals surface area contributed by atoms with E-state index in [9.17, 15) is 4.57 Å². The van der Waals surface area contributed by atoms with Crippen LogP contribution in [0.3, 0.4) is 0 Å². The molecule has 0 radical (unpaired) electrons. The van der Waals surface area contributed by atoms with Gasteiger partial charge in [-0.15, -0.1) is 0 Å². The van der Waals surface area contributed by atoms with Crippen molar-refractivity contribution in [2.24, 2.45) is 0 Å². The maximum Gasteiger partial charge on any atom is 0.597 e. The van der Waals surface area contributed by atoms with Gasteiger partial charge in [-0.1, -0.05) is 37.6 Å². The SMILES string of the molecule is COc1cc(Cl)ccc1O[P+](=O)c1ccc(C(C)C)cc1. The van der Waals surface area contributed by atoms with E-state index in [1.807, 2.05) is 24.3 Å². The fraction of sp³-hybridized carbons (Fsp3) is 0.250. The highest BCUT2D eigenvalue weighted by Crippen LogP contribution is 2.36. The first-order valence-electron chi connectivity index (χ1n) is 6.60. The van der Waals surface area contributed by atoms with Gasteiger partial charge in [-0.25, -0.2) is 4.52 Å². The molecule has 0 spiro atoms. The molecule has 21 heavy (non-hydrogen) atoms. The lowest BCUT2D eigenvalue weighted by atomic mass is 10.0. The second-order valence-corrected chi connectivity index (χ2v) is 6.54. The van der Waals surface area contributed by atoms with E-state index < -0.39 is 8.03 Å². The molecule has 0 saturated carbocycles. The molecule has 0 aromatic heterocycles. The van der Waals surface area contributed by atoms with Crippen LogP contribution in [0.2, 0.25) is 5.02 Å². The van der Waals surface area contributed by atoms with Gasteiger partial charge in [0.15, 0.2) is 5.75 Å². The molecule has 2 aromatic carbocycles. The Labute approximate surface area is 130 Å². The van der Waals surface area contributed by atoms with Crippen molar-refractivity contribution < 1.29 is 13.8 Å². The van der Waals surface area contributed by atoms with Crippen molar-refractivity contribution in [1.29, 1.82) is 0 Å². The summed E-state index contributed by atoms with van der Waals surface area (Å²) in [6, 6.07) is 12.5. The largest absolute Gasteiger partial charge is 0.597 e. The lowest BCUT2D eigenvalue weighted by molar-refractivity contribution is 0.394. The van der Waals surface area contributed by atoms with Gasteiger partial charge >= 0.3 is 8.03 Å². The van der Waals surface area contributed by atoms with E-state index in [2.05, 4.69) is 13.8 Å². The molecule has 1 unspecified atom stereocenters. The second-order valence-electron chi connectivity index (χ2n) is 4.89. The van der Waals surface area contributed by atoms with Crippen LogP contribution in [-0.4, -0.2) is 7.11 Å². The summed E-state index contributed by atoms with van der Waals surface area (Å²) in [7, 11) is -0.471. The molecule has 0 aliphatic carbocycles. The van der Waals surface area contributed by atoms with Crippen LogP contribution in [0, 0.1) is 0 Å². The maximum absolute atomic E-state index is 12.3. The Hall–Kier alpha value is -1.57. The quantitative estimate of drug-likeness (QED) is 0.733. The predicted octanol–water partition coefficient (Wildman–Crippen LogP) is 4.92. The average molecular weight is 324 g/mol. The van der Waals surface area contributed by atoms with Crippen molar-refractivity contribution in [2.45, 2.75) is 19.8 Å². The van der Waals surface area contributed by atoms with Crippen molar-refractivity contribution in [3.05, 3.63) is 53.1 Å². The van der Waals surface area contributed by atoms with Crippen LogP contribution in [0.1, 0.15) is 25.3 Å². The summed E-state index contributed by atoms with van der Waals surface area (Å²) < 4.78 is 23.0. The Bertz CT molecular complexity index is 638. The minimum atomic E-state index is -1.99. The van der Waals surface area contributed by atoms with Gasteiger partial charge in [0.2, 0.25) is 11.1 Å². The number of hydrogen-bond donors (Lipinski definition) is 0. The number of methoxy groups -OCH3 is 1. The zero-order valence-corrected chi connectivity index (χ0v) is 13.8. The molecule has 0 fully saturated rings. The molecule has 0 bridgehead atoms. The summed E-state index contributed by atoms with van der Waals surface area (Å²) in [4.78, 5) is 0. The van der Waals surface area contributed by atoms with Gasteiger partial charge in [-0.3, -0.25) is 0 Å². The number of rotatable bonds is 5. The first-order chi connectivity index (χ1) is 10.0. The first kappa shape index (κ1) is 15.8. The fourth-order valence-corrected chi connectivity index (χ4v) is 2.83. The monoisotopic (exact) mass is 323 g/mol. The Morgan fingerprint density at radius 2 is 1.71 bits per heavy atom. The topological polar surface area (TPSA) is 35.5 Å². The standard InChI is InChI=1S/C16H17ClO3P/c1-11(2)12-4-7-14(8-5-12)21(18)20-15-9-6-13(17)10-16(15)19-3/h4-11H,1-3H3/q+1. The van der Waals surface area contributed by atoms with Gasteiger partial charge in [-0.2, -0.15) is 0 Å². The number of ether oxygens (including phenoxy) is 1. The van der Waals surface area contributed by atoms with E-state index in [0.29, 0.717) is 27.7 Å². The molecular weight excluding hydrogens is 307 g/mol. The summed E-state index contributed by atoms with van der Waals surface area (Å²) >= 11 is 5.89. The average Bonchev–Trinajstić information content (AvgIpc) is 2.49. The minimum absolute atomic E-state index is 0.413. The van der Waals surface area contributed by atoms with Crippen molar-refractivity contribution in [2.75, 3.05) is 7.11 Å². The molecule has 0 heterocycles. The molecule has 0 amide bonds. The molecule has 5 heteroatoms. The van der Waals surface area contributed by atoms with E-state index in [1.165, 1.54) is 12.7 Å². The first-order valence-corrected chi connectivity index (χ1v) is 8.15. The lowest BCUT2D eigenvalue weighted by Gasteiger charge is -2.04. The second kappa shape index (κ2) is 6.93. The highest BCUT2D eigenvalue weighted by Gasteiger charge is 2.25. The van der Waals surface area contributed by atoms with Gasteiger partial charge in [0.25, 0.3) is 0 Å². The molecule has 1 atom stereocenters. The third kappa shape index (κ3) is 3.96. The zero-order valence-electron chi connectivity index (χ0n) is 12.2. The van der Waals surface area contributed by atoms with Crippen molar-refractivity contribution in [3.63, 3.8) is 0 Å². The van der Waals surface area contributed by atoms with E-state index in [0.717, 1.165) is 0 Å². The number of hydrogen-bond acceptors (Lipinski definition) is 3. The summed E-state index contributed by atoms with van der Waals surface area (Å²) in [5.41, 5.74) is 1.20. The van der Waals surface area contributed by atoms with Gasteiger partial charge in [0, 0.05) is 11.1 Å². The molecule has 0 aliphatic rings. The van der Waals surface area contributed by atoms with E-state index in [1.54, 1.807) is 18.2 Å². The highest BCUT2D eigenvalue weighted by molar-refractivity contribution is 7.48. The Balaban J connectivity index is 2.18. The molecule has 3 nitrogen and oxygen atoms in total. The van der Waals surface area contributed by atoms with Crippen LogP contribution >= 0.6 is 19.6 Å². The van der Waals surface area contributed by atoms with Gasteiger partial charge < -0.3 is 4.74 Å². The van der Waals surface area contributed by atoms with Gasteiger partial charge in [-0.05, 0) is 40.3 Å². The molecule has 2 rings (SSSR count). The molecule has 2 aromatic rings. The summed E-state index contributed by atoms with van der Waals surface area (Å²) in [6.07, 6.45) is 0. The van der Waals surface area contributed by atoms with Crippen LogP contribution in [-0.2, 0) is 4.57 Å². The van der Waals surface area contributed by atoms with Crippen molar-refractivity contribution in [1.82, 2.24) is 0 Å². The Kier molecular flexibility index (Phi) is 5.22. The molecule has 0 aliphatic heterocycles. The predicted molar refractivity (Wildman–Crippen MR) is 86.4 cm³/mol. The molecule has 0 N–H and O–H groups in total. The van der Waals surface area contributed by atoms with E-state index in [4.69, 9.17) is 20.9 Å². The van der Waals surface area contributed by atoms with Crippen molar-refractivity contribution in [3.8, 4) is 11.5 Å². The maximum atomic E-state index is 12.3. The van der Waals surface area contributed by atoms with Crippen LogP contribution < -0.4 is 14.6 Å².